The molecule has 1 fully saturated rings. The molecule has 1 aliphatic rings. The smallest absolute Gasteiger partial charge is 0.260 e. The van der Waals surface area contributed by atoms with E-state index in [2.05, 4.69) is 15.1 Å². The molecule has 4 rings (SSSR count). The predicted molar refractivity (Wildman–Crippen MR) is 126 cm³/mol. The maximum absolute atomic E-state index is 12.5. The van der Waals surface area contributed by atoms with Crippen molar-refractivity contribution in [3.63, 3.8) is 0 Å². The summed E-state index contributed by atoms with van der Waals surface area (Å²) in [5, 5.41) is 8.79. The monoisotopic (exact) mass is 448 g/mol. The third-order valence-corrected chi connectivity index (χ3v) is 5.47. The van der Waals surface area contributed by atoms with E-state index < -0.39 is 0 Å². The maximum Gasteiger partial charge on any atom is 0.260 e. The number of aromatic nitrogens is 2. The lowest BCUT2D eigenvalue weighted by Crippen LogP contribution is -2.50. The van der Waals surface area contributed by atoms with Gasteiger partial charge in [-0.25, -0.2) is 0 Å². The number of carbonyl (C=O) groups is 1. The molecule has 2 aromatic carbocycles. The average Bonchev–Trinajstić information content (AvgIpc) is 2.88. The minimum Gasteiger partial charge on any atom is -0.497 e. The summed E-state index contributed by atoms with van der Waals surface area (Å²) in [6, 6.07) is 19.0. The van der Waals surface area contributed by atoms with Gasteiger partial charge in [0.15, 0.2) is 12.4 Å². The van der Waals surface area contributed by atoms with E-state index in [4.69, 9.17) is 14.2 Å². The number of piperazine rings is 1. The zero-order valence-electron chi connectivity index (χ0n) is 18.9. The largest absolute Gasteiger partial charge is 0.497 e. The van der Waals surface area contributed by atoms with Gasteiger partial charge < -0.3 is 24.0 Å². The van der Waals surface area contributed by atoms with E-state index in [-0.39, 0.29) is 12.5 Å². The molecule has 33 heavy (non-hydrogen) atoms. The van der Waals surface area contributed by atoms with E-state index >= 15 is 0 Å². The van der Waals surface area contributed by atoms with Crippen molar-refractivity contribution in [2.75, 3.05) is 51.4 Å². The zero-order chi connectivity index (χ0) is 23.0. The van der Waals surface area contributed by atoms with E-state index in [0.29, 0.717) is 44.3 Å². The number of benzene rings is 2. The van der Waals surface area contributed by atoms with Crippen molar-refractivity contribution in [2.24, 2.45) is 0 Å². The van der Waals surface area contributed by atoms with Crippen molar-refractivity contribution in [3.8, 4) is 28.5 Å². The van der Waals surface area contributed by atoms with Gasteiger partial charge in [0.05, 0.1) is 19.4 Å². The Morgan fingerprint density at radius 2 is 1.64 bits per heavy atom. The van der Waals surface area contributed by atoms with E-state index in [1.807, 2.05) is 66.4 Å². The number of methoxy groups -OCH3 is 1. The van der Waals surface area contributed by atoms with E-state index in [1.165, 1.54) is 0 Å². The van der Waals surface area contributed by atoms with Crippen molar-refractivity contribution in [1.29, 1.82) is 0 Å². The lowest BCUT2D eigenvalue weighted by Gasteiger charge is -2.35. The Morgan fingerprint density at radius 1 is 0.879 bits per heavy atom. The Bertz CT molecular complexity index is 1050. The van der Waals surface area contributed by atoms with Crippen LogP contribution in [0.25, 0.3) is 11.3 Å². The number of carbonyl (C=O) groups excluding carboxylic acids is 1. The second-order valence-electron chi connectivity index (χ2n) is 7.57. The molecule has 0 unspecified atom stereocenters. The molecule has 0 saturated carbocycles. The van der Waals surface area contributed by atoms with Gasteiger partial charge in [0.2, 0.25) is 0 Å². The molecule has 172 valence electrons. The Balaban J connectivity index is 1.28. The van der Waals surface area contributed by atoms with Gasteiger partial charge in [0.1, 0.15) is 17.2 Å². The van der Waals surface area contributed by atoms with Crippen LogP contribution in [0.15, 0.2) is 60.7 Å². The molecule has 1 aliphatic heterocycles. The summed E-state index contributed by atoms with van der Waals surface area (Å²) < 4.78 is 16.3. The van der Waals surface area contributed by atoms with Gasteiger partial charge in [-0.15, -0.1) is 10.2 Å². The van der Waals surface area contributed by atoms with Gasteiger partial charge in [-0.2, -0.15) is 0 Å². The fraction of sp³-hybridized carbons (Fsp3) is 0.320. The number of amides is 1. The Morgan fingerprint density at radius 3 is 2.30 bits per heavy atom. The van der Waals surface area contributed by atoms with Gasteiger partial charge >= 0.3 is 0 Å². The highest BCUT2D eigenvalue weighted by Gasteiger charge is 2.22. The Hall–Kier alpha value is -3.81. The quantitative estimate of drug-likeness (QED) is 0.523. The van der Waals surface area contributed by atoms with E-state index in [9.17, 15) is 4.79 Å². The number of rotatable bonds is 8. The molecular weight excluding hydrogens is 420 g/mol. The molecule has 1 saturated heterocycles. The van der Waals surface area contributed by atoms with Crippen LogP contribution in [0.4, 0.5) is 5.82 Å². The first-order valence-electron chi connectivity index (χ1n) is 11.0. The summed E-state index contributed by atoms with van der Waals surface area (Å²) >= 11 is 0. The Kier molecular flexibility index (Phi) is 7.24. The van der Waals surface area contributed by atoms with Crippen LogP contribution >= 0.6 is 0 Å². The molecule has 1 aromatic heterocycles. The van der Waals surface area contributed by atoms with Gasteiger partial charge in [-0.05, 0) is 55.5 Å². The standard InChI is InChI=1S/C25H28N4O4/c1-3-32-20-9-7-19(8-10-20)23-11-12-24(27-26-23)28-13-15-29(16-14-28)25(30)18-33-22-6-4-5-21(17-22)31-2/h4-12,17H,3,13-16,18H2,1-2H3. The minimum atomic E-state index is -0.0330. The lowest BCUT2D eigenvalue weighted by atomic mass is 10.1. The molecular formula is C25H28N4O4. The maximum atomic E-state index is 12.5. The zero-order valence-corrected chi connectivity index (χ0v) is 18.9. The van der Waals surface area contributed by atoms with Gasteiger partial charge in [0.25, 0.3) is 5.91 Å². The predicted octanol–water partition coefficient (Wildman–Crippen LogP) is 3.28. The van der Waals surface area contributed by atoms with Crippen molar-refractivity contribution in [2.45, 2.75) is 6.92 Å². The fourth-order valence-electron chi connectivity index (χ4n) is 3.65. The molecule has 0 aliphatic carbocycles. The van der Waals surface area contributed by atoms with Crippen LogP contribution < -0.4 is 19.1 Å². The lowest BCUT2D eigenvalue weighted by molar-refractivity contribution is -0.133. The number of anilines is 1. The first-order valence-corrected chi connectivity index (χ1v) is 11.0. The number of hydrogen-bond donors (Lipinski definition) is 0. The molecule has 2 heterocycles. The summed E-state index contributed by atoms with van der Waals surface area (Å²) in [5.41, 5.74) is 1.80. The molecule has 3 aromatic rings. The highest BCUT2D eigenvalue weighted by Crippen LogP contribution is 2.22. The van der Waals surface area contributed by atoms with Crippen molar-refractivity contribution in [3.05, 3.63) is 60.7 Å². The summed E-state index contributed by atoms with van der Waals surface area (Å²) in [7, 11) is 1.60. The molecule has 0 radical (unpaired) electrons. The van der Waals surface area contributed by atoms with E-state index in [1.54, 1.807) is 13.2 Å². The molecule has 0 spiro atoms. The van der Waals surface area contributed by atoms with Crippen LogP contribution in [0.3, 0.4) is 0 Å². The molecule has 8 heteroatoms. The topological polar surface area (TPSA) is 77.0 Å². The normalized spacial score (nSPS) is 13.5. The second kappa shape index (κ2) is 10.7. The summed E-state index contributed by atoms with van der Waals surface area (Å²) in [6.07, 6.45) is 0. The van der Waals surface area contributed by atoms with Crippen LogP contribution in [0.2, 0.25) is 0 Å². The number of ether oxygens (including phenoxy) is 3. The minimum absolute atomic E-state index is 0.00373. The van der Waals surface area contributed by atoms with Crippen LogP contribution in [0, 0.1) is 0 Å². The van der Waals surface area contributed by atoms with E-state index in [0.717, 1.165) is 22.8 Å². The van der Waals surface area contributed by atoms with Crippen LogP contribution in [0.1, 0.15) is 6.92 Å². The SMILES string of the molecule is CCOc1ccc(-c2ccc(N3CCN(C(=O)COc4cccc(OC)c4)CC3)nn2)cc1. The van der Waals surface area contributed by atoms with Crippen molar-refractivity contribution < 1.29 is 19.0 Å². The van der Waals surface area contributed by atoms with Crippen molar-refractivity contribution in [1.82, 2.24) is 15.1 Å². The molecule has 0 atom stereocenters. The number of nitrogens with zero attached hydrogens (tertiary/aromatic N) is 4. The fourth-order valence-corrected chi connectivity index (χ4v) is 3.65. The molecule has 8 nitrogen and oxygen atoms in total. The summed E-state index contributed by atoms with van der Waals surface area (Å²) in [5.74, 6) is 2.93. The van der Waals surface area contributed by atoms with Gasteiger partial charge in [-0.3, -0.25) is 4.79 Å². The third-order valence-electron chi connectivity index (χ3n) is 5.47. The summed E-state index contributed by atoms with van der Waals surface area (Å²) in [4.78, 5) is 16.5. The van der Waals surface area contributed by atoms with Gasteiger partial charge in [-0.1, -0.05) is 6.07 Å². The first kappa shape index (κ1) is 22.4. The molecule has 0 N–H and O–H groups in total. The third kappa shape index (κ3) is 5.71. The first-order chi connectivity index (χ1) is 16.2. The second-order valence-corrected chi connectivity index (χ2v) is 7.57. The highest BCUT2D eigenvalue weighted by molar-refractivity contribution is 5.78. The molecule has 0 bridgehead atoms. The van der Waals surface area contributed by atoms with Crippen LogP contribution in [-0.2, 0) is 4.79 Å². The van der Waals surface area contributed by atoms with Crippen LogP contribution in [-0.4, -0.2) is 67.5 Å². The highest BCUT2D eigenvalue weighted by atomic mass is 16.5. The van der Waals surface area contributed by atoms with Crippen LogP contribution in [0.5, 0.6) is 17.2 Å². The average molecular weight is 449 g/mol. The summed E-state index contributed by atoms with van der Waals surface area (Å²) in [6.45, 7) is 5.23. The van der Waals surface area contributed by atoms with Crippen molar-refractivity contribution >= 4 is 11.7 Å². The molecule has 1 amide bonds. The van der Waals surface area contributed by atoms with Gasteiger partial charge in [0, 0.05) is 37.8 Å². The number of hydrogen-bond acceptors (Lipinski definition) is 7. The Labute approximate surface area is 193 Å².